The van der Waals surface area contributed by atoms with Gasteiger partial charge in [0.05, 0.1) is 24.0 Å². The van der Waals surface area contributed by atoms with Gasteiger partial charge in [0.2, 0.25) is 0 Å². The van der Waals surface area contributed by atoms with Crippen molar-refractivity contribution in [2.24, 2.45) is 0 Å². The van der Waals surface area contributed by atoms with Crippen LogP contribution in [0.15, 0.2) is 36.9 Å². The van der Waals surface area contributed by atoms with Crippen LogP contribution >= 0.6 is 0 Å². The van der Waals surface area contributed by atoms with Crippen LogP contribution in [0.3, 0.4) is 0 Å². The van der Waals surface area contributed by atoms with E-state index >= 15 is 0 Å². The number of benzene rings is 1. The van der Waals surface area contributed by atoms with Gasteiger partial charge in [-0.1, -0.05) is 53.7 Å². The number of nitro groups is 1. The van der Waals surface area contributed by atoms with Gasteiger partial charge in [-0.05, 0) is 42.3 Å². The second-order valence-electron chi connectivity index (χ2n) is 13.8. The van der Waals surface area contributed by atoms with Gasteiger partial charge >= 0.3 is 0 Å². The molecule has 1 aliphatic rings. The topological polar surface area (TPSA) is 126 Å². The number of para-hydroxylation sites is 2. The number of nitrogens with zero attached hydrogens (tertiary/aromatic N) is 5. The molecule has 3 heterocycles. The molecule has 0 radical (unpaired) electrons. The predicted molar refractivity (Wildman–Crippen MR) is 165 cm³/mol. The summed E-state index contributed by atoms with van der Waals surface area (Å²) in [6, 6.07) is 6.44. The van der Waals surface area contributed by atoms with Crippen LogP contribution in [-0.4, -0.2) is 59.9 Å². The van der Waals surface area contributed by atoms with Gasteiger partial charge < -0.3 is 18.9 Å². The molecule has 0 saturated carbocycles. The maximum absolute atomic E-state index is 11.5. The maximum Gasteiger partial charge on any atom is 0.292 e. The summed E-state index contributed by atoms with van der Waals surface area (Å²) in [5.41, 5.74) is 1.35. The fourth-order valence-corrected chi connectivity index (χ4v) is 6.60. The van der Waals surface area contributed by atoms with Crippen LogP contribution in [-0.2, 0) is 13.6 Å². The van der Waals surface area contributed by atoms with E-state index in [4.69, 9.17) is 13.6 Å². The summed E-state index contributed by atoms with van der Waals surface area (Å²) in [5.74, 6) is 0.382. The Hall–Kier alpha value is -2.72. The molecule has 0 spiro atoms. The zero-order chi connectivity index (χ0) is 30.4. The summed E-state index contributed by atoms with van der Waals surface area (Å²) in [4.78, 5) is 24.5. The van der Waals surface area contributed by atoms with Crippen molar-refractivity contribution < 1.29 is 18.5 Å². The number of ether oxygens (including phenoxy) is 1. The number of nitro benzene ring substituents is 1. The molecule has 4 rings (SSSR count). The molecule has 2 aromatic heterocycles. The van der Waals surface area contributed by atoms with Crippen LogP contribution in [0.5, 0.6) is 0 Å². The zero-order valence-corrected chi connectivity index (χ0v) is 27.9. The fraction of sp³-hybridized carbons (Fsp3) is 0.607. The molecule has 224 valence electrons. The minimum Gasteiger partial charge on any atom is -0.414 e. The lowest BCUT2D eigenvalue weighted by Gasteiger charge is -2.40. The van der Waals surface area contributed by atoms with E-state index in [9.17, 15) is 10.1 Å². The number of nitrogens with one attached hydrogen (secondary N) is 1. The van der Waals surface area contributed by atoms with Gasteiger partial charge in [-0.15, -0.1) is 0 Å². The molecular weight excluding hydrogens is 557 g/mol. The molecule has 0 amide bonds. The van der Waals surface area contributed by atoms with Crippen LogP contribution in [0.2, 0.25) is 36.3 Å². The first-order valence-corrected chi connectivity index (χ1v) is 19.9. The van der Waals surface area contributed by atoms with Gasteiger partial charge in [-0.3, -0.25) is 14.7 Å². The first-order valence-electron chi connectivity index (χ1n) is 14.1. The molecule has 1 fully saturated rings. The van der Waals surface area contributed by atoms with Crippen LogP contribution in [0, 0.1) is 10.1 Å². The average Bonchev–Trinajstić information content (AvgIpc) is 3.46. The van der Waals surface area contributed by atoms with Crippen LogP contribution in [0.4, 0.5) is 17.2 Å². The van der Waals surface area contributed by atoms with E-state index in [0.29, 0.717) is 35.7 Å². The molecule has 3 aromatic rings. The van der Waals surface area contributed by atoms with Gasteiger partial charge in [-0.2, -0.15) is 0 Å². The fourth-order valence-electron chi connectivity index (χ4n) is 4.23. The Labute approximate surface area is 244 Å². The van der Waals surface area contributed by atoms with Crippen LogP contribution in [0.1, 0.15) is 54.2 Å². The highest BCUT2D eigenvalue weighted by Crippen LogP contribution is 2.43. The Morgan fingerprint density at radius 3 is 2.34 bits per heavy atom. The molecule has 13 heteroatoms. The summed E-state index contributed by atoms with van der Waals surface area (Å²) in [5, 5.41) is 14.7. The smallest absolute Gasteiger partial charge is 0.292 e. The van der Waals surface area contributed by atoms with E-state index in [-0.39, 0.29) is 34.2 Å². The number of hydrogen-bond donors (Lipinski definition) is 1. The van der Waals surface area contributed by atoms with E-state index in [0.717, 1.165) is 0 Å². The van der Waals surface area contributed by atoms with Gasteiger partial charge in [0.15, 0.2) is 33.6 Å². The number of anilines is 2. The van der Waals surface area contributed by atoms with Crippen LogP contribution in [0.25, 0.3) is 11.2 Å². The molecule has 1 saturated heterocycles. The van der Waals surface area contributed by atoms with Crippen molar-refractivity contribution in [3.8, 4) is 0 Å². The summed E-state index contributed by atoms with van der Waals surface area (Å²) in [6.07, 6.45) is 2.99. The van der Waals surface area contributed by atoms with Crippen molar-refractivity contribution >= 4 is 45.0 Å². The third-order valence-corrected chi connectivity index (χ3v) is 17.9. The molecule has 1 aliphatic heterocycles. The molecule has 11 nitrogen and oxygen atoms in total. The van der Waals surface area contributed by atoms with E-state index < -0.39 is 21.6 Å². The Morgan fingerprint density at radius 1 is 1.05 bits per heavy atom. The van der Waals surface area contributed by atoms with Crippen molar-refractivity contribution in [2.45, 2.75) is 103 Å². The highest BCUT2D eigenvalue weighted by molar-refractivity contribution is 6.74. The largest absolute Gasteiger partial charge is 0.414 e. The van der Waals surface area contributed by atoms with Crippen molar-refractivity contribution in [1.82, 2.24) is 19.5 Å². The third kappa shape index (κ3) is 6.53. The van der Waals surface area contributed by atoms with E-state index in [1.54, 1.807) is 24.5 Å². The lowest BCUT2D eigenvalue weighted by molar-refractivity contribution is -0.383. The number of hydrogen-bond acceptors (Lipinski definition) is 9. The summed E-state index contributed by atoms with van der Waals surface area (Å²) in [6.45, 7) is 22.9. The third-order valence-electron chi connectivity index (χ3n) is 8.87. The first kappa shape index (κ1) is 31.2. The molecule has 41 heavy (non-hydrogen) atoms. The highest BCUT2D eigenvalue weighted by atomic mass is 28.4. The summed E-state index contributed by atoms with van der Waals surface area (Å²) in [7, 11) is -4.10. The molecular formula is C28H44N6O5Si2. The van der Waals surface area contributed by atoms with Gasteiger partial charge in [0.1, 0.15) is 24.3 Å². The van der Waals surface area contributed by atoms with E-state index in [1.807, 2.05) is 4.57 Å². The Morgan fingerprint density at radius 2 is 1.71 bits per heavy atom. The SMILES string of the molecule is CC(C)(C)[Si](C)(C)OCC1OC(n2cnc3c(Nc4ccccc4[N+](=O)[O-])ncnc32)CC1O[Si](C)(C)C(C)(C)C. The Kier molecular flexibility index (Phi) is 8.51. The molecule has 0 bridgehead atoms. The second-order valence-corrected chi connectivity index (χ2v) is 23.4. The highest BCUT2D eigenvalue weighted by Gasteiger charge is 2.47. The minimum atomic E-state index is -2.10. The summed E-state index contributed by atoms with van der Waals surface area (Å²) < 4.78 is 22.1. The number of aromatic nitrogens is 4. The molecule has 3 unspecified atom stereocenters. The number of fused-ring (bicyclic) bond motifs is 1. The van der Waals surface area contributed by atoms with E-state index in [2.05, 4.69) is 88.0 Å². The van der Waals surface area contributed by atoms with Gasteiger partial charge in [-0.25, -0.2) is 15.0 Å². The van der Waals surface area contributed by atoms with Gasteiger partial charge in [0, 0.05) is 12.5 Å². The lowest BCUT2D eigenvalue weighted by Crippen LogP contribution is -2.48. The second kappa shape index (κ2) is 11.2. The average molecular weight is 601 g/mol. The molecule has 0 aliphatic carbocycles. The molecule has 1 aromatic carbocycles. The zero-order valence-electron chi connectivity index (χ0n) is 25.9. The Balaban J connectivity index is 1.63. The summed E-state index contributed by atoms with van der Waals surface area (Å²) >= 11 is 0. The first-order chi connectivity index (χ1) is 18.9. The Bertz CT molecular complexity index is 1400. The number of imidazole rings is 1. The lowest BCUT2D eigenvalue weighted by atomic mass is 10.2. The predicted octanol–water partition coefficient (Wildman–Crippen LogP) is 7.18. The van der Waals surface area contributed by atoms with Crippen LogP contribution < -0.4 is 5.32 Å². The van der Waals surface area contributed by atoms with Crippen molar-refractivity contribution in [2.75, 3.05) is 11.9 Å². The molecule has 3 atom stereocenters. The minimum absolute atomic E-state index is 0.0471. The monoisotopic (exact) mass is 600 g/mol. The van der Waals surface area contributed by atoms with Gasteiger partial charge in [0.25, 0.3) is 5.69 Å². The van der Waals surface area contributed by atoms with Crippen molar-refractivity contribution in [1.29, 1.82) is 0 Å². The standard InChI is InChI=1S/C28H44N6O5Si2/c1-27(2,3)40(7,8)37-16-22-21(39-41(9,10)28(4,5)6)15-23(38-22)33-18-31-24-25(29-17-30-26(24)33)32-19-13-11-12-14-20(19)34(35)36/h11-14,17-18,21-23H,15-16H2,1-10H3,(H,29,30,32). The number of rotatable bonds is 9. The molecule has 1 N–H and O–H groups in total. The normalized spacial score (nSPS) is 20.5. The van der Waals surface area contributed by atoms with E-state index in [1.165, 1.54) is 12.4 Å². The van der Waals surface area contributed by atoms with Crippen molar-refractivity contribution in [3.63, 3.8) is 0 Å². The quantitative estimate of drug-likeness (QED) is 0.154. The van der Waals surface area contributed by atoms with Crippen molar-refractivity contribution in [3.05, 3.63) is 47.0 Å². The maximum atomic E-state index is 11.5.